The number of hydrogen-bond acceptors (Lipinski definition) is 4. The molecule has 0 saturated heterocycles. The Bertz CT molecular complexity index is 737. The Morgan fingerprint density at radius 2 is 2.14 bits per heavy atom. The maximum Gasteiger partial charge on any atom is 0.300 e. The summed E-state index contributed by atoms with van der Waals surface area (Å²) in [6.07, 6.45) is 0.879. The van der Waals surface area contributed by atoms with Gasteiger partial charge in [0.2, 0.25) is 0 Å². The third-order valence-electron chi connectivity index (χ3n) is 2.66. The number of pyridine rings is 1. The highest BCUT2D eigenvalue weighted by Crippen LogP contribution is 2.23. The van der Waals surface area contributed by atoms with Crippen LogP contribution in [0, 0.1) is 22.9 Å². The highest BCUT2D eigenvalue weighted by Gasteiger charge is 2.22. The van der Waals surface area contributed by atoms with Crippen LogP contribution in [0.25, 0.3) is 0 Å². The lowest BCUT2D eigenvalue weighted by molar-refractivity contribution is -0.385. The molecule has 0 aliphatic rings. The van der Waals surface area contributed by atoms with Crippen LogP contribution in [0.5, 0.6) is 0 Å². The van der Waals surface area contributed by atoms with Crippen LogP contribution in [0.4, 0.5) is 15.8 Å². The van der Waals surface area contributed by atoms with Gasteiger partial charge in [-0.3, -0.25) is 14.9 Å². The second kappa shape index (κ2) is 5.84. The molecule has 6 nitrogen and oxygen atoms in total. The first-order valence-electron chi connectivity index (χ1n) is 5.76. The Morgan fingerprint density at radius 1 is 1.43 bits per heavy atom. The second-order valence-electron chi connectivity index (χ2n) is 4.22. The van der Waals surface area contributed by atoms with E-state index in [0.29, 0.717) is 0 Å². The summed E-state index contributed by atoms with van der Waals surface area (Å²) in [7, 11) is 0. The summed E-state index contributed by atoms with van der Waals surface area (Å²) in [5.41, 5.74) is -0.137. The van der Waals surface area contributed by atoms with Gasteiger partial charge in [-0.25, -0.2) is 9.37 Å². The first-order chi connectivity index (χ1) is 9.88. The number of aromatic nitrogens is 1. The van der Waals surface area contributed by atoms with Crippen molar-refractivity contribution >= 4 is 28.9 Å². The average molecular weight is 310 g/mol. The van der Waals surface area contributed by atoms with Crippen LogP contribution in [0.15, 0.2) is 30.5 Å². The Morgan fingerprint density at radius 3 is 2.81 bits per heavy atom. The molecule has 21 heavy (non-hydrogen) atoms. The van der Waals surface area contributed by atoms with E-state index >= 15 is 0 Å². The van der Waals surface area contributed by atoms with Crippen molar-refractivity contribution in [3.8, 4) is 0 Å². The molecule has 108 valence electrons. The number of halogens is 2. The van der Waals surface area contributed by atoms with E-state index in [0.717, 1.165) is 17.8 Å². The number of rotatable bonds is 3. The maximum absolute atomic E-state index is 13.6. The third-order valence-corrected chi connectivity index (χ3v) is 2.87. The number of benzene rings is 1. The summed E-state index contributed by atoms with van der Waals surface area (Å²) in [6, 6.07) is 5.21. The molecule has 1 aromatic carbocycles. The van der Waals surface area contributed by atoms with Crippen LogP contribution < -0.4 is 5.32 Å². The SMILES string of the molecule is Cc1ccc(F)c(NC(=O)c2cc(Cl)ncc2[N+](=O)[O-])c1. The molecule has 0 fully saturated rings. The zero-order valence-electron chi connectivity index (χ0n) is 10.8. The van der Waals surface area contributed by atoms with Gasteiger partial charge in [-0.1, -0.05) is 17.7 Å². The quantitative estimate of drug-likeness (QED) is 0.535. The summed E-state index contributed by atoms with van der Waals surface area (Å²) in [5, 5.41) is 13.1. The zero-order chi connectivity index (χ0) is 15.6. The molecule has 2 rings (SSSR count). The van der Waals surface area contributed by atoms with Gasteiger partial charge in [0, 0.05) is 0 Å². The zero-order valence-corrected chi connectivity index (χ0v) is 11.5. The van der Waals surface area contributed by atoms with E-state index in [1.54, 1.807) is 6.92 Å². The Hall–Kier alpha value is -2.54. The smallest absolute Gasteiger partial charge is 0.300 e. The van der Waals surface area contributed by atoms with Gasteiger partial charge in [-0.2, -0.15) is 0 Å². The number of hydrogen-bond donors (Lipinski definition) is 1. The van der Waals surface area contributed by atoms with Gasteiger partial charge < -0.3 is 5.32 Å². The van der Waals surface area contributed by atoms with Gasteiger partial charge in [0.15, 0.2) is 0 Å². The van der Waals surface area contributed by atoms with Crippen molar-refractivity contribution in [2.75, 3.05) is 5.32 Å². The van der Waals surface area contributed by atoms with Gasteiger partial charge >= 0.3 is 0 Å². The predicted octanol–water partition coefficient (Wildman–Crippen LogP) is 3.34. The van der Waals surface area contributed by atoms with Crippen LogP contribution in [0.3, 0.4) is 0 Å². The lowest BCUT2D eigenvalue weighted by atomic mass is 10.2. The van der Waals surface area contributed by atoms with Crippen molar-refractivity contribution in [1.29, 1.82) is 0 Å². The lowest BCUT2D eigenvalue weighted by Crippen LogP contribution is -2.15. The normalized spacial score (nSPS) is 10.2. The van der Waals surface area contributed by atoms with Crippen LogP contribution in [-0.2, 0) is 0 Å². The number of aryl methyl sites for hydroxylation is 1. The van der Waals surface area contributed by atoms with Gasteiger partial charge in [-0.05, 0) is 30.7 Å². The molecule has 0 aliphatic carbocycles. The monoisotopic (exact) mass is 309 g/mol. The molecular weight excluding hydrogens is 301 g/mol. The van der Waals surface area contributed by atoms with E-state index in [4.69, 9.17) is 11.6 Å². The van der Waals surface area contributed by atoms with E-state index < -0.39 is 22.3 Å². The summed E-state index contributed by atoms with van der Waals surface area (Å²) >= 11 is 5.64. The second-order valence-corrected chi connectivity index (χ2v) is 4.61. The first-order valence-corrected chi connectivity index (χ1v) is 6.13. The van der Waals surface area contributed by atoms with Crippen LogP contribution >= 0.6 is 11.6 Å². The minimum atomic E-state index is -0.838. The molecule has 0 spiro atoms. The molecule has 0 radical (unpaired) electrons. The molecule has 2 aromatic rings. The molecule has 0 bridgehead atoms. The standard InChI is InChI=1S/C13H9ClFN3O3/c1-7-2-3-9(15)10(4-7)17-13(19)8-5-12(14)16-6-11(8)18(20)21/h2-6H,1H3,(H,17,19). The molecular formula is C13H9ClFN3O3. The molecule has 1 amide bonds. The van der Waals surface area contributed by atoms with Crippen molar-refractivity contribution in [3.05, 3.63) is 62.7 Å². The van der Waals surface area contributed by atoms with Crippen LogP contribution in [-0.4, -0.2) is 15.8 Å². The van der Waals surface area contributed by atoms with Crippen molar-refractivity contribution in [3.63, 3.8) is 0 Å². The molecule has 0 aliphatic heterocycles. The molecule has 1 heterocycles. The molecule has 0 saturated carbocycles. The van der Waals surface area contributed by atoms with E-state index in [2.05, 4.69) is 10.3 Å². The van der Waals surface area contributed by atoms with E-state index in [1.165, 1.54) is 18.2 Å². The van der Waals surface area contributed by atoms with Gasteiger partial charge in [0.25, 0.3) is 11.6 Å². The number of carbonyl (C=O) groups is 1. The first kappa shape index (κ1) is 14.9. The van der Waals surface area contributed by atoms with E-state index in [-0.39, 0.29) is 16.4 Å². The lowest BCUT2D eigenvalue weighted by Gasteiger charge is -2.08. The van der Waals surface area contributed by atoms with Crippen molar-refractivity contribution < 1.29 is 14.1 Å². The summed E-state index contributed by atoms with van der Waals surface area (Å²) in [6.45, 7) is 1.72. The van der Waals surface area contributed by atoms with Crippen molar-refractivity contribution in [2.24, 2.45) is 0 Å². The molecule has 1 aromatic heterocycles. The van der Waals surface area contributed by atoms with Gasteiger partial charge in [0.1, 0.15) is 22.7 Å². The number of amides is 1. The minimum absolute atomic E-state index is 0.0674. The molecule has 1 N–H and O–H groups in total. The summed E-state index contributed by atoms with van der Waals surface area (Å²) in [5.74, 6) is -1.48. The largest absolute Gasteiger partial charge is 0.319 e. The van der Waals surface area contributed by atoms with E-state index in [1.807, 2.05) is 0 Å². The highest BCUT2D eigenvalue weighted by molar-refractivity contribution is 6.30. The number of carbonyl (C=O) groups excluding carboxylic acids is 1. The van der Waals surface area contributed by atoms with Gasteiger partial charge in [0.05, 0.1) is 10.6 Å². The van der Waals surface area contributed by atoms with E-state index in [9.17, 15) is 19.3 Å². The number of anilines is 1. The Labute approximate surface area is 123 Å². The molecule has 8 heteroatoms. The fourth-order valence-electron chi connectivity index (χ4n) is 1.67. The fourth-order valence-corrected chi connectivity index (χ4v) is 1.83. The number of nitrogens with zero attached hydrogens (tertiary/aromatic N) is 2. The Balaban J connectivity index is 2.39. The molecule has 0 atom stereocenters. The third kappa shape index (κ3) is 3.32. The van der Waals surface area contributed by atoms with Crippen molar-refractivity contribution in [2.45, 2.75) is 6.92 Å². The fraction of sp³-hybridized carbons (Fsp3) is 0.0769. The summed E-state index contributed by atoms with van der Waals surface area (Å²) < 4.78 is 13.6. The van der Waals surface area contributed by atoms with Crippen LogP contribution in [0.2, 0.25) is 5.15 Å². The highest BCUT2D eigenvalue weighted by atomic mass is 35.5. The van der Waals surface area contributed by atoms with Gasteiger partial charge in [-0.15, -0.1) is 0 Å². The number of nitrogens with one attached hydrogen (secondary N) is 1. The predicted molar refractivity (Wildman–Crippen MR) is 75.0 cm³/mol. The maximum atomic E-state index is 13.6. The van der Waals surface area contributed by atoms with Crippen molar-refractivity contribution in [1.82, 2.24) is 4.98 Å². The summed E-state index contributed by atoms with van der Waals surface area (Å²) in [4.78, 5) is 25.8. The Kier molecular flexibility index (Phi) is 4.13. The van der Waals surface area contributed by atoms with Crippen LogP contribution in [0.1, 0.15) is 15.9 Å². The average Bonchev–Trinajstić information content (AvgIpc) is 2.42. The minimum Gasteiger partial charge on any atom is -0.319 e. The number of nitro groups is 1. The topological polar surface area (TPSA) is 85.1 Å². The molecule has 0 unspecified atom stereocenters.